The van der Waals surface area contributed by atoms with Gasteiger partial charge in [-0.3, -0.25) is 4.79 Å². The van der Waals surface area contributed by atoms with E-state index in [4.69, 9.17) is 0 Å². The van der Waals surface area contributed by atoms with Crippen molar-refractivity contribution in [2.75, 3.05) is 11.0 Å². The number of carbonyl (C=O) groups is 1. The summed E-state index contributed by atoms with van der Waals surface area (Å²) in [5.41, 5.74) is 2.48. The van der Waals surface area contributed by atoms with Crippen molar-refractivity contribution in [1.82, 2.24) is 15.3 Å². The molecule has 0 saturated heterocycles. The quantitative estimate of drug-likeness (QED) is 0.632. The van der Waals surface area contributed by atoms with E-state index in [-0.39, 0.29) is 5.91 Å². The van der Waals surface area contributed by atoms with Crippen molar-refractivity contribution in [3.8, 4) is 0 Å². The van der Waals surface area contributed by atoms with Crippen LogP contribution in [-0.4, -0.2) is 22.1 Å². The van der Waals surface area contributed by atoms with Crippen LogP contribution in [0, 0.1) is 0 Å². The van der Waals surface area contributed by atoms with Crippen molar-refractivity contribution in [2.45, 2.75) is 6.54 Å². The third kappa shape index (κ3) is 3.20. The molecule has 0 atom stereocenters. The third-order valence-corrected chi connectivity index (χ3v) is 4.24. The number of nitrogens with one attached hydrogen (secondary N) is 3. The molecule has 0 unspecified atom stereocenters. The van der Waals surface area contributed by atoms with E-state index >= 15 is 0 Å². The molecule has 2 heterocycles. The van der Waals surface area contributed by atoms with Crippen LogP contribution in [0.2, 0.25) is 0 Å². The van der Waals surface area contributed by atoms with E-state index in [1.807, 2.05) is 36.6 Å². The summed E-state index contributed by atoms with van der Waals surface area (Å²) in [6.45, 7) is 0.455. The Morgan fingerprint density at radius 2 is 2.29 bits per heavy atom. The topological polar surface area (TPSA) is 69.8 Å². The Bertz CT molecular complexity index is 732. The fourth-order valence-corrected chi connectivity index (χ4v) is 3.20. The van der Waals surface area contributed by atoms with Crippen LogP contribution in [0.4, 0.5) is 5.13 Å². The van der Waals surface area contributed by atoms with Gasteiger partial charge < -0.3 is 15.0 Å². The predicted molar refractivity (Wildman–Crippen MR) is 88.7 cm³/mol. The lowest BCUT2D eigenvalue weighted by Crippen LogP contribution is -2.23. The van der Waals surface area contributed by atoms with Gasteiger partial charge in [0, 0.05) is 22.8 Å². The van der Waals surface area contributed by atoms with E-state index in [1.165, 1.54) is 23.3 Å². The molecule has 0 spiro atoms. The average Bonchev–Trinajstić information content (AvgIpc) is 3.11. The van der Waals surface area contributed by atoms with E-state index < -0.39 is 0 Å². The van der Waals surface area contributed by atoms with Gasteiger partial charge in [0.15, 0.2) is 5.13 Å². The largest absolute Gasteiger partial charge is 0.357 e. The number of benzene rings is 1. The maximum absolute atomic E-state index is 12.0. The molecule has 1 aromatic carbocycles. The summed E-state index contributed by atoms with van der Waals surface area (Å²) in [6.07, 6.45) is 1.91. The van der Waals surface area contributed by atoms with E-state index in [0.717, 1.165) is 21.7 Å². The minimum absolute atomic E-state index is 0.168. The average molecular weight is 318 g/mol. The number of carbonyl (C=O) groups excluding carboxylic acids is 1. The summed E-state index contributed by atoms with van der Waals surface area (Å²) < 4.78 is 3.01. The minimum atomic E-state index is -0.168. The van der Waals surface area contributed by atoms with Crippen LogP contribution < -0.4 is 10.0 Å². The number of anilines is 1. The number of thiazole rings is 1. The second-order valence-electron chi connectivity index (χ2n) is 4.41. The first-order valence-electron chi connectivity index (χ1n) is 6.35. The highest BCUT2D eigenvalue weighted by atomic mass is 32.2. The molecule has 2 aromatic heterocycles. The monoisotopic (exact) mass is 318 g/mol. The summed E-state index contributed by atoms with van der Waals surface area (Å²) in [5, 5.41) is 6.50. The van der Waals surface area contributed by atoms with E-state index in [0.29, 0.717) is 12.2 Å². The number of hydrogen-bond donors (Lipinski definition) is 3. The van der Waals surface area contributed by atoms with Crippen molar-refractivity contribution in [1.29, 1.82) is 0 Å². The highest BCUT2D eigenvalue weighted by Crippen LogP contribution is 2.18. The van der Waals surface area contributed by atoms with Crippen LogP contribution in [-0.2, 0) is 6.54 Å². The van der Waals surface area contributed by atoms with E-state index in [9.17, 15) is 4.79 Å². The molecule has 3 rings (SSSR count). The van der Waals surface area contributed by atoms with Crippen molar-refractivity contribution in [2.24, 2.45) is 0 Å². The first kappa shape index (κ1) is 14.0. The first-order valence-corrected chi connectivity index (χ1v) is 8.46. The Hall–Kier alpha value is -1.99. The molecule has 3 aromatic rings. The Morgan fingerprint density at radius 1 is 1.43 bits per heavy atom. The first-order chi connectivity index (χ1) is 10.3. The Labute approximate surface area is 130 Å². The molecular weight excluding hydrogens is 304 g/mol. The SMILES string of the molecule is CSNc1nc(C(=O)NCc2cc3ccccc3[nH]2)cs1. The Balaban J connectivity index is 1.64. The molecule has 0 aliphatic heterocycles. The predicted octanol–water partition coefficient (Wildman–Crippen LogP) is 3.24. The number of para-hydroxylation sites is 1. The van der Waals surface area contributed by atoms with Crippen LogP contribution in [0.5, 0.6) is 0 Å². The Kier molecular flexibility index (Phi) is 4.12. The summed E-state index contributed by atoms with van der Waals surface area (Å²) in [6, 6.07) is 10.1. The smallest absolute Gasteiger partial charge is 0.271 e. The van der Waals surface area contributed by atoms with Crippen molar-refractivity contribution in [3.05, 3.63) is 47.1 Å². The zero-order valence-electron chi connectivity index (χ0n) is 11.3. The number of aromatic amines is 1. The molecule has 5 nitrogen and oxygen atoms in total. The maximum Gasteiger partial charge on any atom is 0.271 e. The second kappa shape index (κ2) is 6.19. The van der Waals surface area contributed by atoms with Gasteiger partial charge in [-0.05, 0) is 17.5 Å². The van der Waals surface area contributed by atoms with Crippen LogP contribution in [0.1, 0.15) is 16.2 Å². The van der Waals surface area contributed by atoms with Gasteiger partial charge in [-0.15, -0.1) is 11.3 Å². The number of aromatic nitrogens is 2. The summed E-state index contributed by atoms with van der Waals surface area (Å²) in [7, 11) is 0. The second-order valence-corrected chi connectivity index (χ2v) is 5.88. The van der Waals surface area contributed by atoms with Crippen LogP contribution in [0.15, 0.2) is 35.7 Å². The molecule has 7 heteroatoms. The molecule has 0 aliphatic carbocycles. The van der Waals surface area contributed by atoms with Gasteiger partial charge in [-0.2, -0.15) is 0 Å². The van der Waals surface area contributed by atoms with Crippen LogP contribution in [0.25, 0.3) is 10.9 Å². The summed E-state index contributed by atoms with van der Waals surface area (Å²) in [5.74, 6) is -0.168. The normalized spacial score (nSPS) is 10.7. The maximum atomic E-state index is 12.0. The van der Waals surface area contributed by atoms with Gasteiger partial charge in [0.1, 0.15) is 5.69 Å². The van der Waals surface area contributed by atoms with Gasteiger partial charge in [0.25, 0.3) is 5.91 Å². The summed E-state index contributed by atoms with van der Waals surface area (Å²) in [4.78, 5) is 19.5. The van der Waals surface area contributed by atoms with Crippen molar-refractivity contribution >= 4 is 45.2 Å². The lowest BCUT2D eigenvalue weighted by Gasteiger charge is -2.00. The lowest BCUT2D eigenvalue weighted by atomic mass is 10.2. The van der Waals surface area contributed by atoms with Crippen molar-refractivity contribution < 1.29 is 4.79 Å². The summed E-state index contributed by atoms with van der Waals surface area (Å²) >= 11 is 2.87. The fourth-order valence-electron chi connectivity index (χ4n) is 2.01. The number of rotatable bonds is 5. The highest BCUT2D eigenvalue weighted by molar-refractivity contribution is 8.00. The molecule has 108 valence electrons. The zero-order chi connectivity index (χ0) is 14.7. The number of fused-ring (bicyclic) bond motifs is 1. The lowest BCUT2D eigenvalue weighted by molar-refractivity contribution is 0.0946. The molecule has 0 saturated carbocycles. The molecule has 0 radical (unpaired) electrons. The van der Waals surface area contributed by atoms with Crippen LogP contribution >= 0.6 is 23.3 Å². The molecule has 21 heavy (non-hydrogen) atoms. The molecule has 3 N–H and O–H groups in total. The zero-order valence-corrected chi connectivity index (χ0v) is 13.0. The van der Waals surface area contributed by atoms with Gasteiger partial charge >= 0.3 is 0 Å². The minimum Gasteiger partial charge on any atom is -0.357 e. The molecular formula is C14H14N4OS2. The molecule has 0 fully saturated rings. The number of hydrogen-bond acceptors (Lipinski definition) is 5. The van der Waals surface area contributed by atoms with Gasteiger partial charge in [0.05, 0.1) is 6.54 Å². The number of nitrogens with zero attached hydrogens (tertiary/aromatic N) is 1. The number of H-pyrrole nitrogens is 1. The standard InChI is InChI=1S/C14H14N4OS2/c1-20-18-14-17-12(8-21-14)13(19)15-7-10-6-9-4-2-3-5-11(9)16-10/h2-6,8,16H,7H2,1H3,(H,15,19)(H,17,18). The highest BCUT2D eigenvalue weighted by Gasteiger charge is 2.10. The third-order valence-electron chi connectivity index (χ3n) is 2.95. The molecule has 0 bridgehead atoms. The molecule has 1 amide bonds. The van der Waals surface area contributed by atoms with E-state index in [1.54, 1.807) is 5.38 Å². The number of amides is 1. The molecule has 0 aliphatic rings. The van der Waals surface area contributed by atoms with Gasteiger partial charge in [0.2, 0.25) is 0 Å². The van der Waals surface area contributed by atoms with Crippen molar-refractivity contribution in [3.63, 3.8) is 0 Å². The Morgan fingerprint density at radius 3 is 3.10 bits per heavy atom. The van der Waals surface area contributed by atoms with Gasteiger partial charge in [-0.25, -0.2) is 4.98 Å². The van der Waals surface area contributed by atoms with Gasteiger partial charge in [-0.1, -0.05) is 30.1 Å². The fraction of sp³-hybridized carbons (Fsp3) is 0.143. The van der Waals surface area contributed by atoms with Crippen LogP contribution in [0.3, 0.4) is 0 Å². The van der Waals surface area contributed by atoms with E-state index in [2.05, 4.69) is 20.0 Å².